The smallest absolute Gasteiger partial charge is 0.410 e. The number of fused-ring (bicyclic) bond motifs is 15. The molecule has 0 unspecified atom stereocenters. The number of likely N-dealkylation sites (N-methyl/N-ethyl adjacent to an activating group) is 1. The molecule has 0 saturated carbocycles. The van der Waals surface area contributed by atoms with Crippen LogP contribution in [0.15, 0.2) is 168 Å². The molecule has 133 heavy (non-hydrogen) atoms. The van der Waals surface area contributed by atoms with Crippen molar-refractivity contribution in [1.29, 1.82) is 0 Å². The Morgan fingerprint density at radius 3 is 1.62 bits per heavy atom. The van der Waals surface area contributed by atoms with Gasteiger partial charge in [0.25, 0.3) is 0 Å². The fourth-order valence-electron chi connectivity index (χ4n) is 15.5. The summed E-state index contributed by atoms with van der Waals surface area (Å²) in [4.78, 5) is 132. The molecule has 8 aromatic carbocycles. The first-order valence-corrected chi connectivity index (χ1v) is 51.0. The average molecular weight is 1900 g/mol. The fraction of sp³-hybridized carbons (Fsp3) is 0.434. The summed E-state index contributed by atoms with van der Waals surface area (Å²) in [5, 5.41) is 31.5. The van der Waals surface area contributed by atoms with Gasteiger partial charge in [-0.15, -0.1) is 5.11 Å². The van der Waals surface area contributed by atoms with Crippen LogP contribution in [0.2, 0.25) is 46.3 Å². The molecule has 8 amide bonds. The van der Waals surface area contributed by atoms with Crippen LogP contribution < -0.4 is 70.4 Å². The van der Waals surface area contributed by atoms with Crippen molar-refractivity contribution in [2.75, 3.05) is 62.3 Å². The summed E-state index contributed by atoms with van der Waals surface area (Å²) in [5.74, 6) is -5.88. The van der Waals surface area contributed by atoms with Crippen LogP contribution in [0.5, 0.6) is 51.7 Å². The number of hydrogen-bond acceptors (Lipinski definition) is 21. The van der Waals surface area contributed by atoms with Crippen molar-refractivity contribution in [3.05, 3.63) is 212 Å². The zero-order valence-electron chi connectivity index (χ0n) is 79.3. The Bertz CT molecular complexity index is 5560. The number of amides is 8. The van der Waals surface area contributed by atoms with Gasteiger partial charge in [0.2, 0.25) is 41.4 Å². The predicted molar refractivity (Wildman–Crippen MR) is 511 cm³/mol. The van der Waals surface area contributed by atoms with E-state index in [0.29, 0.717) is 63.7 Å². The second-order valence-corrected chi connectivity index (χ2v) is 48.4. The molecule has 1 saturated heterocycles. The van der Waals surface area contributed by atoms with E-state index >= 15 is 33.6 Å². The molecule has 8 aromatic rings. The Labute approximate surface area is 789 Å². The summed E-state index contributed by atoms with van der Waals surface area (Å²) >= 11 is 15.3. The summed E-state index contributed by atoms with van der Waals surface area (Å²) in [6.45, 7) is 29.6. The van der Waals surface area contributed by atoms with E-state index in [1.165, 1.54) is 66.9 Å². The van der Waals surface area contributed by atoms with Gasteiger partial charge < -0.3 is 88.7 Å². The van der Waals surface area contributed by atoms with Crippen LogP contribution in [0.1, 0.15) is 183 Å². The lowest BCUT2D eigenvalue weighted by molar-refractivity contribution is -0.138. The summed E-state index contributed by atoms with van der Waals surface area (Å²) in [6.07, 6.45) is -3.12. The number of nitrogens with one attached hydrogen (secondary N) is 7. The quantitative estimate of drug-likeness (QED) is 0.0206. The number of rotatable bonds is 25. The SMILES string of the molecule is COc1ccc(C(NC(=O)C[C@@H]2NC(=O)[C@H](NC(=O)[C@@H](CC(C)C)N(C)C(=O)OC(C)(C)C)[C@H](O[Si](C)(C)C(C)(C)C)c3ccc(c(Cl)c3)Oc3cc4cc(c3N=NN3CCCC3)Oc3ccc(cc3Cl)[C@@H](O[Si](C)(C)C(C)(C)C)[C@@H]3NC(=O)[C@H](NC(=O)[C@@H]4NC2=O)c2ccc(OC)c(c2)-c2c(OC)cc(OC)cc2[C@@H](COCc2ccccc2)NC3=O)c2ccc(OC)cc2)cc1. The first-order chi connectivity index (χ1) is 62.9. The largest absolute Gasteiger partial charge is 0.497 e. The Balaban J connectivity index is 1.14. The monoisotopic (exact) mass is 1900 g/mol. The third-order valence-electron chi connectivity index (χ3n) is 24.9. The summed E-state index contributed by atoms with van der Waals surface area (Å²) < 4.78 is 71.3. The van der Waals surface area contributed by atoms with Gasteiger partial charge in [0, 0.05) is 37.3 Å². The fourth-order valence-corrected chi connectivity index (χ4v) is 18.5. The molecule has 0 aliphatic carbocycles. The minimum atomic E-state index is -3.24. The predicted octanol–water partition coefficient (Wildman–Crippen LogP) is 18.0. The van der Waals surface area contributed by atoms with Gasteiger partial charge in [0.05, 0.1) is 89.5 Å². The lowest BCUT2D eigenvalue weighted by Crippen LogP contribution is -2.61. The van der Waals surface area contributed by atoms with E-state index < -0.39 is 147 Å². The molecule has 14 rings (SSSR count). The van der Waals surface area contributed by atoms with Gasteiger partial charge in [-0.2, -0.15) is 0 Å². The molecule has 30 nitrogen and oxygen atoms in total. The highest BCUT2D eigenvalue weighted by Gasteiger charge is 2.49. The van der Waals surface area contributed by atoms with Crippen LogP contribution in [-0.4, -0.2) is 166 Å². The molecule has 0 radical (unpaired) electrons. The van der Waals surface area contributed by atoms with Crippen molar-refractivity contribution < 1.29 is 89.8 Å². The second-order valence-electron chi connectivity index (χ2n) is 38.1. The van der Waals surface area contributed by atoms with Crippen LogP contribution in [0.3, 0.4) is 0 Å². The Hall–Kier alpha value is -11.8. The molecule has 6 aliphatic heterocycles. The molecule has 0 aromatic heterocycles. The van der Waals surface area contributed by atoms with E-state index in [0.717, 1.165) is 23.3 Å². The van der Waals surface area contributed by atoms with E-state index in [9.17, 15) is 4.79 Å². The lowest BCUT2D eigenvalue weighted by Gasteiger charge is -2.42. The molecular weight excluding hydrogens is 1770 g/mol. The maximum atomic E-state index is 17.3. The number of ether oxygens (including phenoxy) is 9. The molecule has 0 spiro atoms. The number of halogens is 2. The summed E-state index contributed by atoms with van der Waals surface area (Å²) in [6, 6.07) is 30.6. The van der Waals surface area contributed by atoms with Gasteiger partial charge in [-0.25, -0.2) is 4.79 Å². The molecule has 1 fully saturated rings. The first-order valence-electron chi connectivity index (χ1n) is 44.5. The Kier molecular flexibility index (Phi) is 31.8. The van der Waals surface area contributed by atoms with Crippen molar-refractivity contribution >= 4 is 93.0 Å². The lowest BCUT2D eigenvalue weighted by atomic mass is 9.89. The summed E-state index contributed by atoms with van der Waals surface area (Å²) in [7, 11) is 2.44. The first kappa shape index (κ1) is 100. The van der Waals surface area contributed by atoms with Crippen molar-refractivity contribution in [3.8, 4) is 62.9 Å². The Morgan fingerprint density at radius 2 is 1.08 bits per heavy atom. The van der Waals surface area contributed by atoms with Gasteiger partial charge >= 0.3 is 6.09 Å². The van der Waals surface area contributed by atoms with E-state index in [1.54, 1.807) is 129 Å². The van der Waals surface area contributed by atoms with Crippen molar-refractivity contribution in [2.45, 2.75) is 211 Å². The van der Waals surface area contributed by atoms with Crippen molar-refractivity contribution in [2.24, 2.45) is 16.3 Å². The van der Waals surface area contributed by atoms with E-state index in [-0.39, 0.29) is 92.5 Å². The van der Waals surface area contributed by atoms with Crippen LogP contribution in [-0.2, 0) is 58.5 Å². The average Bonchev–Trinajstić information content (AvgIpc) is 1.04. The Morgan fingerprint density at radius 1 is 0.556 bits per heavy atom. The van der Waals surface area contributed by atoms with Gasteiger partial charge in [0.1, 0.15) is 82.1 Å². The molecule has 34 heteroatoms. The van der Waals surface area contributed by atoms with Crippen molar-refractivity contribution in [1.82, 2.24) is 47.1 Å². The zero-order valence-corrected chi connectivity index (χ0v) is 82.8. The standard InChI is InChI=1S/C99H123Cl2N11O19Si2/c1-56(2)45-73(111(12)96(120)129-97(3,4)5)91(115)107-86-88(130-132(18,19)98(6,7)8)61-34-41-75(69(100)47-61)127-78-49-63-50-79(85(78)109-110-112-43-25-26-44-112)128-76-42-35-62(48-70(76)101)89(131-133(20,21)99(9,10)11)87-95(119)103-72(55-126-54-57-27-23-22-24-28-57)67-51-66(123-15)52-77(125-17)81(67)68-46-60(33-40-74(68)124-16)83(92(116)108-87)106-93(117)84(63)105-90(114)71(102-94(86)118)53-80(113)104-82(58-29-36-64(121-13)37-30-58)59-31-38-65(122-14)39-32-59/h22-24,27-42,46-52,56,71-73,82-84,86-89H,25-26,43-45,53-55H2,1-21H3,(H,102,118)(H,103,119)(H,104,113)(H,105,114)(H,106,117)(H,107,115)(H,108,116)/t71-,72+,73+,83+,84+,86+,87-,88+,89+/m0/s1. The molecular formula is C99H123Cl2N11O19Si2. The van der Waals surface area contributed by atoms with Gasteiger partial charge in [0.15, 0.2) is 33.8 Å². The molecule has 11 bridgehead atoms. The third kappa shape index (κ3) is 24.1. The normalized spacial score (nSPS) is 19.4. The topological polar surface area (TPSA) is 354 Å². The third-order valence-corrected chi connectivity index (χ3v) is 34.4. The molecule has 6 aliphatic rings. The number of hydrogen-bond donors (Lipinski definition) is 7. The highest BCUT2D eigenvalue weighted by atomic mass is 35.5. The van der Waals surface area contributed by atoms with Gasteiger partial charge in [-0.3, -0.25) is 43.5 Å². The minimum absolute atomic E-state index is 0.0330. The number of benzene rings is 8. The number of nitrogens with zero attached hydrogens (tertiary/aromatic N) is 4. The van der Waals surface area contributed by atoms with Gasteiger partial charge in [-0.1, -0.05) is 157 Å². The van der Waals surface area contributed by atoms with Crippen LogP contribution in [0.4, 0.5) is 10.5 Å². The number of methoxy groups -OCH3 is 5. The number of carbonyl (C=O) groups is 8. The van der Waals surface area contributed by atoms with E-state index in [4.69, 9.17) is 85.0 Å². The van der Waals surface area contributed by atoms with E-state index in [1.807, 2.05) is 112 Å². The minimum Gasteiger partial charge on any atom is -0.497 e. The molecule has 6 heterocycles. The maximum Gasteiger partial charge on any atom is 0.410 e. The number of carbonyl (C=O) groups excluding carboxylic acids is 8. The van der Waals surface area contributed by atoms with E-state index in [2.05, 4.69) is 37.2 Å². The van der Waals surface area contributed by atoms with Gasteiger partial charge in [-0.05, 0) is 206 Å². The highest BCUT2D eigenvalue weighted by molar-refractivity contribution is 6.74. The maximum absolute atomic E-state index is 17.3. The van der Waals surface area contributed by atoms with Crippen LogP contribution in [0.25, 0.3) is 11.1 Å². The molecule has 710 valence electrons. The second kappa shape index (κ2) is 42.2. The van der Waals surface area contributed by atoms with Crippen LogP contribution >= 0.6 is 23.2 Å². The molecule has 9 atom stereocenters. The van der Waals surface area contributed by atoms with Crippen LogP contribution in [0, 0.1) is 5.92 Å². The zero-order chi connectivity index (χ0) is 96.5. The highest BCUT2D eigenvalue weighted by Crippen LogP contribution is 2.52. The summed E-state index contributed by atoms with van der Waals surface area (Å²) in [5.41, 5.74) is 2.27. The molecule has 7 N–H and O–H groups in total. The van der Waals surface area contributed by atoms with Crippen molar-refractivity contribution in [3.63, 3.8) is 0 Å².